The van der Waals surface area contributed by atoms with Crippen molar-refractivity contribution in [3.05, 3.63) is 29.8 Å². The SMILES string of the molecule is COC1CCC(NCc2ccccc2OC(C)C)C1. The van der Waals surface area contributed by atoms with Gasteiger partial charge in [-0.1, -0.05) is 18.2 Å². The van der Waals surface area contributed by atoms with Crippen LogP contribution in [0.25, 0.3) is 0 Å². The highest BCUT2D eigenvalue weighted by atomic mass is 16.5. The molecule has 1 saturated carbocycles. The molecule has 1 N–H and O–H groups in total. The average Bonchev–Trinajstić information content (AvgIpc) is 2.85. The Morgan fingerprint density at radius 3 is 2.74 bits per heavy atom. The molecule has 19 heavy (non-hydrogen) atoms. The molecule has 106 valence electrons. The maximum absolute atomic E-state index is 5.84. The van der Waals surface area contributed by atoms with Crippen LogP contribution in [-0.2, 0) is 11.3 Å². The monoisotopic (exact) mass is 263 g/mol. The minimum Gasteiger partial charge on any atom is -0.491 e. The van der Waals surface area contributed by atoms with Crippen LogP contribution in [0.1, 0.15) is 38.7 Å². The van der Waals surface area contributed by atoms with E-state index in [9.17, 15) is 0 Å². The van der Waals surface area contributed by atoms with Gasteiger partial charge in [-0.05, 0) is 39.2 Å². The van der Waals surface area contributed by atoms with Gasteiger partial charge in [0.15, 0.2) is 0 Å². The van der Waals surface area contributed by atoms with Crippen LogP contribution in [0.15, 0.2) is 24.3 Å². The predicted octanol–water partition coefficient (Wildman–Crippen LogP) is 3.13. The lowest BCUT2D eigenvalue weighted by Gasteiger charge is -2.17. The average molecular weight is 263 g/mol. The lowest BCUT2D eigenvalue weighted by Crippen LogP contribution is -2.27. The number of rotatable bonds is 6. The van der Waals surface area contributed by atoms with Crippen LogP contribution in [0, 0.1) is 0 Å². The van der Waals surface area contributed by atoms with Crippen LogP contribution in [0.3, 0.4) is 0 Å². The molecule has 0 aromatic heterocycles. The maximum Gasteiger partial charge on any atom is 0.124 e. The Balaban J connectivity index is 1.89. The lowest BCUT2D eigenvalue weighted by molar-refractivity contribution is 0.107. The van der Waals surface area contributed by atoms with Gasteiger partial charge in [0.05, 0.1) is 12.2 Å². The van der Waals surface area contributed by atoms with Gasteiger partial charge in [-0.3, -0.25) is 0 Å². The van der Waals surface area contributed by atoms with E-state index in [2.05, 4.69) is 31.3 Å². The molecule has 2 atom stereocenters. The minimum atomic E-state index is 0.213. The lowest BCUT2D eigenvalue weighted by atomic mass is 10.1. The second-order valence-electron chi connectivity index (χ2n) is 5.52. The summed E-state index contributed by atoms with van der Waals surface area (Å²) in [6.45, 7) is 4.98. The van der Waals surface area contributed by atoms with Gasteiger partial charge in [0.25, 0.3) is 0 Å². The molecule has 3 heteroatoms. The van der Waals surface area contributed by atoms with Crippen molar-refractivity contribution in [1.29, 1.82) is 0 Å². The van der Waals surface area contributed by atoms with Crippen molar-refractivity contribution in [2.24, 2.45) is 0 Å². The first-order valence-electron chi connectivity index (χ1n) is 7.19. The summed E-state index contributed by atoms with van der Waals surface area (Å²) in [5.41, 5.74) is 1.23. The van der Waals surface area contributed by atoms with Crippen molar-refractivity contribution in [2.75, 3.05) is 7.11 Å². The van der Waals surface area contributed by atoms with Crippen LogP contribution in [0.5, 0.6) is 5.75 Å². The number of hydrogen-bond donors (Lipinski definition) is 1. The first-order valence-corrected chi connectivity index (χ1v) is 7.19. The fourth-order valence-corrected chi connectivity index (χ4v) is 2.61. The summed E-state index contributed by atoms with van der Waals surface area (Å²) in [6.07, 6.45) is 4.12. The molecule has 0 bridgehead atoms. The highest BCUT2D eigenvalue weighted by molar-refractivity contribution is 5.33. The van der Waals surface area contributed by atoms with Crippen LogP contribution >= 0.6 is 0 Å². The molecular weight excluding hydrogens is 238 g/mol. The molecule has 1 fully saturated rings. The van der Waals surface area contributed by atoms with Gasteiger partial charge in [-0.15, -0.1) is 0 Å². The summed E-state index contributed by atoms with van der Waals surface area (Å²) >= 11 is 0. The van der Waals surface area contributed by atoms with Gasteiger partial charge < -0.3 is 14.8 Å². The molecule has 0 saturated heterocycles. The summed E-state index contributed by atoms with van der Waals surface area (Å²) in [7, 11) is 1.80. The fourth-order valence-electron chi connectivity index (χ4n) is 2.61. The molecular formula is C16H25NO2. The number of ether oxygens (including phenoxy) is 2. The van der Waals surface area contributed by atoms with Gasteiger partial charge in [0, 0.05) is 25.3 Å². The van der Waals surface area contributed by atoms with Crippen molar-refractivity contribution in [3.63, 3.8) is 0 Å². The number of para-hydroxylation sites is 1. The second-order valence-corrected chi connectivity index (χ2v) is 5.52. The zero-order valence-corrected chi connectivity index (χ0v) is 12.2. The Labute approximate surface area is 116 Å². The molecule has 0 aliphatic heterocycles. The van der Waals surface area contributed by atoms with E-state index in [0.29, 0.717) is 12.1 Å². The molecule has 2 rings (SSSR count). The van der Waals surface area contributed by atoms with E-state index < -0.39 is 0 Å². The molecule has 1 aliphatic rings. The molecule has 1 aromatic carbocycles. The third kappa shape index (κ3) is 4.22. The van der Waals surface area contributed by atoms with E-state index in [1.54, 1.807) is 7.11 Å². The standard InChI is InChI=1S/C16H25NO2/c1-12(2)19-16-7-5-4-6-13(16)11-17-14-8-9-15(10-14)18-3/h4-7,12,14-15,17H,8-11H2,1-3H3. The molecule has 0 spiro atoms. The Hall–Kier alpha value is -1.06. The predicted molar refractivity (Wildman–Crippen MR) is 77.5 cm³/mol. The fraction of sp³-hybridized carbons (Fsp3) is 0.625. The van der Waals surface area contributed by atoms with Crippen LogP contribution in [0.4, 0.5) is 0 Å². The first kappa shape index (κ1) is 14.4. The normalized spacial score (nSPS) is 22.9. The molecule has 2 unspecified atom stereocenters. The highest BCUT2D eigenvalue weighted by Crippen LogP contribution is 2.23. The second kappa shape index (κ2) is 6.92. The van der Waals surface area contributed by atoms with Crippen molar-refractivity contribution < 1.29 is 9.47 Å². The van der Waals surface area contributed by atoms with E-state index in [1.165, 1.54) is 12.0 Å². The van der Waals surface area contributed by atoms with Crippen LogP contribution in [0.2, 0.25) is 0 Å². The van der Waals surface area contributed by atoms with Crippen molar-refractivity contribution in [2.45, 2.75) is 57.9 Å². The number of hydrogen-bond acceptors (Lipinski definition) is 3. The molecule has 0 amide bonds. The van der Waals surface area contributed by atoms with Gasteiger partial charge >= 0.3 is 0 Å². The van der Waals surface area contributed by atoms with Crippen molar-refractivity contribution >= 4 is 0 Å². The molecule has 0 heterocycles. The third-order valence-corrected chi connectivity index (χ3v) is 3.63. The summed E-state index contributed by atoms with van der Waals surface area (Å²) in [5.74, 6) is 0.992. The van der Waals surface area contributed by atoms with E-state index >= 15 is 0 Å². The Kier molecular flexibility index (Phi) is 5.23. The summed E-state index contributed by atoms with van der Waals surface area (Å²) in [5, 5.41) is 3.62. The topological polar surface area (TPSA) is 30.5 Å². The van der Waals surface area contributed by atoms with Crippen LogP contribution in [-0.4, -0.2) is 25.4 Å². The van der Waals surface area contributed by atoms with Crippen molar-refractivity contribution in [3.8, 4) is 5.75 Å². The minimum absolute atomic E-state index is 0.213. The molecule has 3 nitrogen and oxygen atoms in total. The van der Waals surface area contributed by atoms with E-state index in [4.69, 9.17) is 9.47 Å². The summed E-state index contributed by atoms with van der Waals surface area (Å²) in [4.78, 5) is 0. The third-order valence-electron chi connectivity index (χ3n) is 3.63. The first-order chi connectivity index (χ1) is 9.19. The zero-order chi connectivity index (χ0) is 13.7. The van der Waals surface area contributed by atoms with Gasteiger partial charge in [-0.2, -0.15) is 0 Å². The molecule has 1 aliphatic carbocycles. The Bertz CT molecular complexity index is 392. The van der Waals surface area contributed by atoms with E-state index in [0.717, 1.165) is 25.1 Å². The largest absolute Gasteiger partial charge is 0.491 e. The maximum atomic E-state index is 5.84. The summed E-state index contributed by atoms with van der Waals surface area (Å²) < 4.78 is 11.2. The zero-order valence-electron chi connectivity index (χ0n) is 12.2. The quantitative estimate of drug-likeness (QED) is 0.855. The van der Waals surface area contributed by atoms with Gasteiger partial charge in [-0.25, -0.2) is 0 Å². The number of methoxy groups -OCH3 is 1. The molecule has 1 aromatic rings. The van der Waals surface area contributed by atoms with Crippen molar-refractivity contribution in [1.82, 2.24) is 5.32 Å². The van der Waals surface area contributed by atoms with E-state index in [1.807, 2.05) is 12.1 Å². The number of nitrogens with one attached hydrogen (secondary N) is 1. The smallest absolute Gasteiger partial charge is 0.124 e. The summed E-state index contributed by atoms with van der Waals surface area (Å²) in [6, 6.07) is 8.84. The van der Waals surface area contributed by atoms with Gasteiger partial charge in [0.1, 0.15) is 5.75 Å². The molecule has 0 radical (unpaired) electrons. The number of benzene rings is 1. The van der Waals surface area contributed by atoms with Crippen LogP contribution < -0.4 is 10.1 Å². The Morgan fingerprint density at radius 1 is 1.26 bits per heavy atom. The van der Waals surface area contributed by atoms with Gasteiger partial charge in [0.2, 0.25) is 0 Å². The Morgan fingerprint density at radius 2 is 2.05 bits per heavy atom. The highest BCUT2D eigenvalue weighted by Gasteiger charge is 2.23. The van der Waals surface area contributed by atoms with E-state index in [-0.39, 0.29) is 6.10 Å².